The third-order valence-corrected chi connectivity index (χ3v) is 3.42. The Labute approximate surface area is 137 Å². The average Bonchev–Trinajstić information content (AvgIpc) is 3.14. The van der Waals surface area contributed by atoms with E-state index < -0.39 is 12.1 Å². The molecule has 0 spiro atoms. The van der Waals surface area contributed by atoms with E-state index in [9.17, 15) is 9.18 Å². The Bertz CT molecular complexity index is 867. The Morgan fingerprint density at radius 2 is 1.88 bits per heavy atom. The first-order valence-corrected chi connectivity index (χ1v) is 7.31. The smallest absolute Gasteiger partial charge is 0.342 e. The Kier molecular flexibility index (Phi) is 4.16. The van der Waals surface area contributed by atoms with Crippen molar-refractivity contribution in [3.63, 3.8) is 0 Å². The molecule has 124 valence electrons. The fourth-order valence-corrected chi connectivity index (χ4v) is 2.22. The van der Waals surface area contributed by atoms with Gasteiger partial charge in [-0.3, -0.25) is 0 Å². The lowest BCUT2D eigenvalue weighted by Crippen LogP contribution is -2.09. The highest BCUT2D eigenvalue weighted by Crippen LogP contribution is 2.24. The van der Waals surface area contributed by atoms with Crippen LogP contribution in [0.2, 0.25) is 0 Å². The number of rotatable bonds is 4. The van der Waals surface area contributed by atoms with E-state index in [0.29, 0.717) is 22.6 Å². The molecule has 0 saturated carbocycles. The second kappa shape index (κ2) is 6.27. The lowest BCUT2D eigenvalue weighted by Gasteiger charge is -2.08. The zero-order valence-corrected chi connectivity index (χ0v) is 13.4. The van der Waals surface area contributed by atoms with E-state index in [2.05, 4.69) is 10.2 Å². The van der Waals surface area contributed by atoms with Crippen molar-refractivity contribution in [2.24, 2.45) is 0 Å². The van der Waals surface area contributed by atoms with Gasteiger partial charge in [-0.15, -0.1) is 10.2 Å². The van der Waals surface area contributed by atoms with Gasteiger partial charge in [0.25, 0.3) is 5.89 Å². The van der Waals surface area contributed by atoms with Crippen LogP contribution in [0.15, 0.2) is 39.2 Å². The molecule has 0 aliphatic rings. The maximum atomic E-state index is 12.9. The van der Waals surface area contributed by atoms with Crippen LogP contribution in [-0.2, 0) is 4.74 Å². The van der Waals surface area contributed by atoms with Crippen molar-refractivity contribution in [2.75, 3.05) is 0 Å². The number of halogens is 1. The first-order chi connectivity index (χ1) is 11.4. The van der Waals surface area contributed by atoms with Crippen molar-refractivity contribution in [1.29, 1.82) is 0 Å². The first kappa shape index (κ1) is 15.9. The van der Waals surface area contributed by atoms with Gasteiger partial charge in [-0.05, 0) is 51.1 Å². The molecular formula is C17H15FN2O4. The van der Waals surface area contributed by atoms with Gasteiger partial charge in [0, 0.05) is 5.56 Å². The molecule has 6 nitrogen and oxygen atoms in total. The summed E-state index contributed by atoms with van der Waals surface area (Å²) in [4.78, 5) is 12.2. The third-order valence-electron chi connectivity index (χ3n) is 3.42. The van der Waals surface area contributed by atoms with Crippen LogP contribution in [0.3, 0.4) is 0 Å². The van der Waals surface area contributed by atoms with E-state index in [1.807, 2.05) is 0 Å². The van der Waals surface area contributed by atoms with Gasteiger partial charge in [-0.25, -0.2) is 9.18 Å². The summed E-state index contributed by atoms with van der Waals surface area (Å²) in [7, 11) is 0. The fourth-order valence-electron chi connectivity index (χ4n) is 2.22. The van der Waals surface area contributed by atoms with Crippen LogP contribution in [0.5, 0.6) is 0 Å². The average molecular weight is 330 g/mol. The molecule has 24 heavy (non-hydrogen) atoms. The van der Waals surface area contributed by atoms with Crippen LogP contribution in [0.4, 0.5) is 4.39 Å². The van der Waals surface area contributed by atoms with E-state index in [-0.39, 0.29) is 17.6 Å². The number of aryl methyl sites for hydroxylation is 2. The summed E-state index contributed by atoms with van der Waals surface area (Å²) in [5.41, 5.74) is 0.938. The monoisotopic (exact) mass is 330 g/mol. The standard InChI is InChI=1S/C17H15FN2O4/c1-9-8-14(10(2)22-9)17(21)23-11(3)15-19-20-16(24-15)12-4-6-13(18)7-5-12/h4-8,11H,1-3H3/t11-/m0/s1. The molecule has 1 aromatic carbocycles. The van der Waals surface area contributed by atoms with E-state index in [0.717, 1.165) is 0 Å². The largest absolute Gasteiger partial charge is 0.466 e. The van der Waals surface area contributed by atoms with Gasteiger partial charge in [-0.2, -0.15) is 0 Å². The summed E-state index contributed by atoms with van der Waals surface area (Å²) < 4.78 is 29.1. The van der Waals surface area contributed by atoms with Gasteiger partial charge in [-0.1, -0.05) is 0 Å². The Morgan fingerprint density at radius 3 is 2.50 bits per heavy atom. The van der Waals surface area contributed by atoms with Gasteiger partial charge in [0.1, 0.15) is 22.9 Å². The highest BCUT2D eigenvalue weighted by molar-refractivity contribution is 5.90. The first-order valence-electron chi connectivity index (χ1n) is 7.31. The number of furan rings is 1. The molecule has 1 atom stereocenters. The lowest BCUT2D eigenvalue weighted by atomic mass is 10.2. The minimum absolute atomic E-state index is 0.153. The number of benzene rings is 1. The normalized spacial score (nSPS) is 12.2. The van der Waals surface area contributed by atoms with E-state index in [4.69, 9.17) is 13.6 Å². The number of esters is 1. The maximum absolute atomic E-state index is 12.9. The SMILES string of the molecule is Cc1cc(C(=O)O[C@@H](C)c2nnc(-c3ccc(F)cc3)o2)c(C)o1. The number of nitrogens with zero attached hydrogens (tertiary/aromatic N) is 2. The minimum Gasteiger partial charge on any atom is -0.466 e. The molecule has 3 rings (SSSR count). The van der Waals surface area contributed by atoms with Crippen molar-refractivity contribution in [2.45, 2.75) is 26.9 Å². The molecule has 0 radical (unpaired) electrons. The summed E-state index contributed by atoms with van der Waals surface area (Å²) >= 11 is 0. The van der Waals surface area contributed by atoms with Crippen LogP contribution >= 0.6 is 0 Å². The van der Waals surface area contributed by atoms with Crippen LogP contribution < -0.4 is 0 Å². The number of aromatic nitrogens is 2. The molecule has 7 heteroatoms. The topological polar surface area (TPSA) is 78.4 Å². The molecule has 2 heterocycles. The second-order valence-corrected chi connectivity index (χ2v) is 5.33. The van der Waals surface area contributed by atoms with E-state index in [1.165, 1.54) is 24.3 Å². The predicted molar refractivity (Wildman–Crippen MR) is 81.7 cm³/mol. The third kappa shape index (κ3) is 3.19. The minimum atomic E-state index is -0.728. The highest BCUT2D eigenvalue weighted by Gasteiger charge is 2.22. The van der Waals surface area contributed by atoms with Crippen molar-refractivity contribution in [3.8, 4) is 11.5 Å². The molecule has 0 fully saturated rings. The summed E-state index contributed by atoms with van der Waals surface area (Å²) in [6.07, 6.45) is -0.728. The van der Waals surface area contributed by atoms with Crippen molar-refractivity contribution >= 4 is 5.97 Å². The van der Waals surface area contributed by atoms with Crippen molar-refractivity contribution in [3.05, 3.63) is 59.1 Å². The zero-order valence-electron chi connectivity index (χ0n) is 13.4. The summed E-state index contributed by atoms with van der Waals surface area (Å²) in [6, 6.07) is 7.27. The molecule has 0 bridgehead atoms. The van der Waals surface area contributed by atoms with Gasteiger partial charge < -0.3 is 13.6 Å². The van der Waals surface area contributed by atoms with Crippen LogP contribution in [0, 0.1) is 19.7 Å². The molecule has 0 aliphatic carbocycles. The van der Waals surface area contributed by atoms with Crippen LogP contribution in [0.1, 0.15) is 40.8 Å². The molecule has 0 saturated heterocycles. The van der Waals surface area contributed by atoms with E-state index in [1.54, 1.807) is 26.8 Å². The zero-order chi connectivity index (χ0) is 17.3. The molecule has 2 aromatic heterocycles. The van der Waals surface area contributed by atoms with Gasteiger partial charge in [0.05, 0.1) is 0 Å². The molecule has 3 aromatic rings. The number of hydrogen-bond donors (Lipinski definition) is 0. The second-order valence-electron chi connectivity index (χ2n) is 5.33. The van der Waals surface area contributed by atoms with Gasteiger partial charge in [0.15, 0.2) is 6.10 Å². The maximum Gasteiger partial charge on any atom is 0.342 e. The Hall–Kier alpha value is -2.96. The van der Waals surface area contributed by atoms with Gasteiger partial charge >= 0.3 is 5.97 Å². The number of ether oxygens (including phenoxy) is 1. The molecular weight excluding hydrogens is 315 g/mol. The summed E-state index contributed by atoms with van der Waals surface area (Å²) in [5, 5.41) is 7.77. The highest BCUT2D eigenvalue weighted by atomic mass is 19.1. The van der Waals surface area contributed by atoms with Gasteiger partial charge in [0.2, 0.25) is 5.89 Å². The molecule has 0 aliphatic heterocycles. The van der Waals surface area contributed by atoms with Crippen molar-refractivity contribution in [1.82, 2.24) is 10.2 Å². The Balaban J connectivity index is 1.74. The summed E-state index contributed by atoms with van der Waals surface area (Å²) in [6.45, 7) is 5.07. The van der Waals surface area contributed by atoms with E-state index >= 15 is 0 Å². The molecule has 0 unspecified atom stereocenters. The molecule has 0 amide bonds. The predicted octanol–water partition coefficient (Wildman–Crippen LogP) is 4.00. The number of hydrogen-bond acceptors (Lipinski definition) is 6. The summed E-state index contributed by atoms with van der Waals surface area (Å²) in [5.74, 6) is 0.611. The Morgan fingerprint density at radius 1 is 1.17 bits per heavy atom. The number of carbonyl (C=O) groups excluding carboxylic acids is 1. The quantitative estimate of drug-likeness (QED) is 0.673. The number of carbonyl (C=O) groups is 1. The van der Waals surface area contributed by atoms with Crippen molar-refractivity contribution < 1.29 is 22.8 Å². The lowest BCUT2D eigenvalue weighted by molar-refractivity contribution is 0.0278. The molecule has 0 N–H and O–H groups in total. The van der Waals surface area contributed by atoms with Crippen LogP contribution in [0.25, 0.3) is 11.5 Å². The fraction of sp³-hybridized carbons (Fsp3) is 0.235. The van der Waals surface area contributed by atoms with Crippen LogP contribution in [-0.4, -0.2) is 16.2 Å².